The summed E-state index contributed by atoms with van der Waals surface area (Å²) in [6, 6.07) is 6.83. The normalized spacial score (nSPS) is 13.3. The molecule has 0 N–H and O–H groups in total. The molecule has 1 aromatic rings. The zero-order chi connectivity index (χ0) is 18.0. The van der Waals surface area contributed by atoms with Crippen LogP contribution in [-0.4, -0.2) is 37.6 Å². The summed E-state index contributed by atoms with van der Waals surface area (Å²) in [7, 11) is -2.97. The Morgan fingerprint density at radius 3 is 2.46 bits per heavy atom. The van der Waals surface area contributed by atoms with Gasteiger partial charge in [-0.25, -0.2) is 4.79 Å². The number of rotatable bonds is 10. The summed E-state index contributed by atoms with van der Waals surface area (Å²) in [5.74, 6) is -0.462. The smallest absolute Gasteiger partial charge is 0.339 e. The lowest BCUT2D eigenvalue weighted by Gasteiger charge is -2.12. The van der Waals surface area contributed by atoms with Crippen LogP contribution in [0.15, 0.2) is 29.2 Å². The number of carbonyl (C=O) groups is 2. The molecule has 0 amide bonds. The van der Waals surface area contributed by atoms with Crippen molar-refractivity contribution < 1.29 is 27.9 Å². The molecule has 0 heterocycles. The lowest BCUT2D eigenvalue weighted by atomic mass is 10.2. The van der Waals surface area contributed by atoms with Crippen LogP contribution in [0.25, 0.3) is 0 Å². The van der Waals surface area contributed by atoms with E-state index in [1.54, 1.807) is 31.2 Å². The Morgan fingerprint density at radius 1 is 1.12 bits per heavy atom. The molecular formula is C16H23O6PS. The van der Waals surface area contributed by atoms with Crippen molar-refractivity contribution >= 4 is 30.4 Å². The number of esters is 1. The molecule has 134 valence electrons. The summed E-state index contributed by atoms with van der Waals surface area (Å²) >= 11 is 1.00. The first-order valence-corrected chi connectivity index (χ1v) is 10.5. The first kappa shape index (κ1) is 20.9. The van der Waals surface area contributed by atoms with Crippen LogP contribution in [-0.2, 0) is 23.1 Å². The molecule has 1 aromatic carbocycles. The van der Waals surface area contributed by atoms with Crippen LogP contribution < -0.4 is 0 Å². The molecule has 0 aromatic heterocycles. The van der Waals surface area contributed by atoms with Crippen molar-refractivity contribution in [2.75, 3.05) is 26.5 Å². The van der Waals surface area contributed by atoms with Crippen molar-refractivity contribution in [2.24, 2.45) is 0 Å². The van der Waals surface area contributed by atoms with Gasteiger partial charge in [-0.2, -0.15) is 0 Å². The van der Waals surface area contributed by atoms with Crippen LogP contribution in [0.2, 0.25) is 0 Å². The molecule has 0 saturated carbocycles. The predicted octanol–water partition coefficient (Wildman–Crippen LogP) is 4.14. The van der Waals surface area contributed by atoms with E-state index in [2.05, 4.69) is 0 Å². The number of ether oxygens (including phenoxy) is 1. The molecule has 0 saturated heterocycles. The maximum Gasteiger partial charge on any atom is 0.339 e. The highest BCUT2D eigenvalue weighted by atomic mass is 32.2. The lowest BCUT2D eigenvalue weighted by Crippen LogP contribution is -2.08. The van der Waals surface area contributed by atoms with E-state index < -0.39 is 13.6 Å². The molecule has 0 fully saturated rings. The second kappa shape index (κ2) is 10.7. The van der Waals surface area contributed by atoms with Gasteiger partial charge < -0.3 is 13.8 Å². The first-order valence-electron chi connectivity index (χ1n) is 7.67. The Kier molecular flexibility index (Phi) is 9.29. The molecule has 0 radical (unpaired) electrons. The molecule has 1 rings (SSSR count). The molecule has 0 spiro atoms. The second-order valence-electron chi connectivity index (χ2n) is 4.96. The Balaban J connectivity index is 2.35. The fourth-order valence-electron chi connectivity index (χ4n) is 1.83. The van der Waals surface area contributed by atoms with E-state index in [0.717, 1.165) is 11.8 Å². The number of hydrogen-bond donors (Lipinski definition) is 0. The maximum absolute atomic E-state index is 12.1. The summed E-state index contributed by atoms with van der Waals surface area (Å²) in [5, 5.41) is -0.0920. The minimum atomic E-state index is -2.97. The van der Waals surface area contributed by atoms with E-state index in [9.17, 15) is 14.2 Å². The summed E-state index contributed by atoms with van der Waals surface area (Å²) < 4.78 is 27.1. The van der Waals surface area contributed by atoms with E-state index >= 15 is 0 Å². The van der Waals surface area contributed by atoms with Crippen LogP contribution in [0.1, 0.15) is 37.0 Å². The van der Waals surface area contributed by atoms with Gasteiger partial charge in [0.25, 0.3) is 0 Å². The third-order valence-corrected chi connectivity index (χ3v) is 5.06. The van der Waals surface area contributed by atoms with Crippen molar-refractivity contribution in [3.8, 4) is 0 Å². The Labute approximate surface area is 146 Å². The van der Waals surface area contributed by atoms with Gasteiger partial charge in [0.05, 0.1) is 25.4 Å². The third kappa shape index (κ3) is 8.11. The molecule has 0 aliphatic heterocycles. The third-order valence-electron chi connectivity index (χ3n) is 2.82. The molecule has 8 heteroatoms. The van der Waals surface area contributed by atoms with Gasteiger partial charge in [-0.1, -0.05) is 23.9 Å². The Bertz CT molecular complexity index is 604. The standard InChI is InChI=1S/C16H23O6PS/c1-4-21-23(3,19)22-12-8-7-11-20-16(18)14-9-5-6-10-15(14)24-13(2)17/h5-6,9-10H,4,7-8,11-12H2,1-3H3. The zero-order valence-corrected chi connectivity index (χ0v) is 15.9. The lowest BCUT2D eigenvalue weighted by molar-refractivity contribution is -0.109. The van der Waals surface area contributed by atoms with Crippen LogP contribution in [0.5, 0.6) is 0 Å². The molecular weight excluding hydrogens is 351 g/mol. The number of hydrogen-bond acceptors (Lipinski definition) is 7. The highest BCUT2D eigenvalue weighted by Crippen LogP contribution is 2.43. The van der Waals surface area contributed by atoms with Crippen molar-refractivity contribution in [2.45, 2.75) is 31.6 Å². The maximum atomic E-state index is 12.1. The van der Waals surface area contributed by atoms with E-state index in [0.29, 0.717) is 29.9 Å². The van der Waals surface area contributed by atoms with Crippen molar-refractivity contribution in [1.82, 2.24) is 0 Å². The minimum absolute atomic E-state index is 0.0920. The van der Waals surface area contributed by atoms with Crippen LogP contribution in [0.4, 0.5) is 0 Å². The van der Waals surface area contributed by atoms with Gasteiger partial charge in [-0.3, -0.25) is 9.36 Å². The van der Waals surface area contributed by atoms with Gasteiger partial charge in [-0.15, -0.1) is 0 Å². The summed E-state index contributed by atoms with van der Waals surface area (Å²) in [6.07, 6.45) is 1.18. The number of unbranched alkanes of at least 4 members (excludes halogenated alkanes) is 1. The Hall–Kier alpha value is -1.14. The van der Waals surface area contributed by atoms with Crippen molar-refractivity contribution in [3.05, 3.63) is 29.8 Å². The van der Waals surface area contributed by atoms with Gasteiger partial charge >= 0.3 is 13.6 Å². The van der Waals surface area contributed by atoms with E-state index in [1.165, 1.54) is 13.6 Å². The zero-order valence-electron chi connectivity index (χ0n) is 14.1. The average molecular weight is 374 g/mol. The van der Waals surface area contributed by atoms with Crippen LogP contribution >= 0.6 is 19.4 Å². The largest absolute Gasteiger partial charge is 0.462 e. The molecule has 6 nitrogen and oxygen atoms in total. The quantitative estimate of drug-likeness (QED) is 0.264. The minimum Gasteiger partial charge on any atom is -0.462 e. The highest BCUT2D eigenvalue weighted by molar-refractivity contribution is 8.13. The molecule has 0 bridgehead atoms. The van der Waals surface area contributed by atoms with Gasteiger partial charge in [0, 0.05) is 18.5 Å². The van der Waals surface area contributed by atoms with Crippen LogP contribution in [0, 0.1) is 0 Å². The topological polar surface area (TPSA) is 78.9 Å². The summed E-state index contributed by atoms with van der Waals surface area (Å²) in [6.45, 7) is 5.47. The van der Waals surface area contributed by atoms with Crippen molar-refractivity contribution in [1.29, 1.82) is 0 Å². The number of carbonyl (C=O) groups excluding carboxylic acids is 2. The van der Waals surface area contributed by atoms with Gasteiger partial charge in [0.15, 0.2) is 5.12 Å². The van der Waals surface area contributed by atoms with E-state index in [-0.39, 0.29) is 18.3 Å². The monoisotopic (exact) mass is 374 g/mol. The predicted molar refractivity (Wildman–Crippen MR) is 93.6 cm³/mol. The highest BCUT2D eigenvalue weighted by Gasteiger charge is 2.16. The molecule has 24 heavy (non-hydrogen) atoms. The van der Waals surface area contributed by atoms with E-state index in [4.69, 9.17) is 13.8 Å². The second-order valence-corrected chi connectivity index (χ2v) is 8.23. The fraction of sp³-hybridized carbons (Fsp3) is 0.500. The molecule has 1 unspecified atom stereocenters. The van der Waals surface area contributed by atoms with Crippen molar-refractivity contribution in [3.63, 3.8) is 0 Å². The van der Waals surface area contributed by atoms with E-state index in [1.807, 2.05) is 0 Å². The van der Waals surface area contributed by atoms with Gasteiger partial charge in [-0.05, 0) is 31.9 Å². The number of benzene rings is 1. The Morgan fingerprint density at radius 2 is 1.79 bits per heavy atom. The summed E-state index contributed by atoms with van der Waals surface area (Å²) in [5.41, 5.74) is 0.378. The summed E-state index contributed by atoms with van der Waals surface area (Å²) in [4.78, 5) is 23.9. The van der Waals surface area contributed by atoms with Gasteiger partial charge in [0.1, 0.15) is 0 Å². The molecule has 1 atom stereocenters. The molecule has 0 aliphatic rings. The van der Waals surface area contributed by atoms with Crippen LogP contribution in [0.3, 0.4) is 0 Å². The molecule has 0 aliphatic carbocycles. The number of thioether (sulfide) groups is 1. The average Bonchev–Trinajstić information content (AvgIpc) is 2.50. The SMILES string of the molecule is CCOP(C)(=O)OCCCCOC(=O)c1ccccc1SC(C)=O. The fourth-order valence-corrected chi connectivity index (χ4v) is 3.55. The first-order chi connectivity index (χ1) is 11.4. The van der Waals surface area contributed by atoms with Gasteiger partial charge in [0.2, 0.25) is 0 Å².